The third kappa shape index (κ3) is 16.3. The molecule has 2 aromatic heterocycles. The van der Waals surface area contributed by atoms with Crippen molar-refractivity contribution in [1.29, 1.82) is 5.53 Å². The number of ketones is 2. The highest BCUT2D eigenvalue weighted by Gasteiger charge is 2.47. The molecule has 6 aliphatic rings. The molecule has 2 amide bonds. The number of carbonyl (C=O) groups excluding carboxylic acids is 6. The van der Waals surface area contributed by atoms with E-state index in [0.29, 0.717) is 81.2 Å². The lowest BCUT2D eigenvalue weighted by Gasteiger charge is -2.41. The molecule has 2 spiro atoms. The lowest BCUT2D eigenvalue weighted by Crippen LogP contribution is -2.49. The number of thiophene rings is 2. The van der Waals surface area contributed by atoms with Gasteiger partial charge in [0.1, 0.15) is 9.75 Å². The minimum atomic E-state index is -3.63. The zero-order valence-electron chi connectivity index (χ0n) is 52.6. The summed E-state index contributed by atoms with van der Waals surface area (Å²) in [6.45, 7) is 14.0. The average Bonchev–Trinajstić information content (AvgIpc) is 4.25. The van der Waals surface area contributed by atoms with Crippen LogP contribution in [0, 0.1) is 40.0 Å². The molecule has 2 aliphatic heterocycles. The summed E-state index contributed by atoms with van der Waals surface area (Å²) >= 11 is 2.19. The van der Waals surface area contributed by atoms with Gasteiger partial charge in [0.25, 0.3) is 5.78 Å². The van der Waals surface area contributed by atoms with Crippen LogP contribution in [0.25, 0.3) is 0 Å². The molecular formula is C60H84N4O15PS2+. The van der Waals surface area contributed by atoms with Crippen LogP contribution in [0.15, 0.2) is 35.4 Å². The number of Topliss-reactive ketones (excluding diaryl/α,β-unsaturated/α-hetero) is 2. The quantitative estimate of drug-likeness (QED) is 0.0287. The van der Waals surface area contributed by atoms with E-state index < -0.39 is 60.4 Å². The first-order valence-electron chi connectivity index (χ1n) is 29.4. The highest BCUT2D eigenvalue weighted by atomic mass is 32.1. The van der Waals surface area contributed by atoms with Crippen molar-refractivity contribution in [2.45, 2.75) is 176 Å². The minimum absolute atomic E-state index is 0.0330. The number of nitrogens with one attached hydrogen (secondary N) is 1. The van der Waals surface area contributed by atoms with E-state index >= 15 is 0 Å². The summed E-state index contributed by atoms with van der Waals surface area (Å²) < 4.78 is 77.7. The predicted molar refractivity (Wildman–Crippen MR) is 313 cm³/mol. The highest BCUT2D eigenvalue weighted by Crippen LogP contribution is 2.48. The Labute approximate surface area is 495 Å². The number of rotatable bonds is 13. The Morgan fingerprint density at radius 3 is 1.48 bits per heavy atom. The Morgan fingerprint density at radius 2 is 1.13 bits per heavy atom. The van der Waals surface area contributed by atoms with Crippen LogP contribution in [0.4, 0.5) is 11.4 Å². The van der Waals surface area contributed by atoms with E-state index in [9.17, 15) is 33.3 Å². The van der Waals surface area contributed by atoms with Crippen molar-refractivity contribution in [3.63, 3.8) is 0 Å². The van der Waals surface area contributed by atoms with Crippen molar-refractivity contribution < 1.29 is 79.7 Å². The summed E-state index contributed by atoms with van der Waals surface area (Å²) in [4.78, 5) is 86.0. The van der Waals surface area contributed by atoms with Gasteiger partial charge in [-0.15, -0.1) is 22.7 Å². The molecule has 0 unspecified atom stereocenters. The molecule has 19 nitrogen and oxygen atoms in total. The van der Waals surface area contributed by atoms with E-state index in [0.717, 1.165) is 88.7 Å². The monoisotopic (exact) mass is 1200 g/mol. The Bertz CT molecular complexity index is 3010. The maximum atomic E-state index is 14.1. The molecule has 22 heteroatoms. The number of carbonyl (C=O) groups is 6. The third-order valence-electron chi connectivity index (χ3n) is 15.4. The molecular weight excluding hydrogens is 1110 g/mol. The summed E-state index contributed by atoms with van der Waals surface area (Å²) in [5, 5.41) is 0. The maximum Gasteiger partial charge on any atom is 0.492 e. The average molecular weight is 1200 g/mol. The zero-order chi connectivity index (χ0) is 62.9. The topological polar surface area (TPSA) is 238 Å². The summed E-state index contributed by atoms with van der Waals surface area (Å²) in [7, 11) is 1.24. The summed E-state index contributed by atoms with van der Waals surface area (Å²) in [5.74, 6) is 2.68. The number of amides is 2. The molecule has 4 fully saturated rings. The number of hydrogen-bond acceptors (Lipinski definition) is 18. The van der Waals surface area contributed by atoms with Crippen LogP contribution in [0.3, 0.4) is 0 Å². The van der Waals surface area contributed by atoms with Gasteiger partial charge < -0.3 is 47.3 Å². The summed E-state index contributed by atoms with van der Waals surface area (Å²) in [6, 6.07) is 3.16. The predicted octanol–water partition coefficient (Wildman–Crippen LogP) is 11.9. The van der Waals surface area contributed by atoms with Gasteiger partial charge in [0.05, 0.1) is 72.1 Å². The minimum Gasteiger partial charge on any atom is -0.465 e. The number of esters is 2. The Kier molecular flexibility index (Phi) is 21.2. The van der Waals surface area contributed by atoms with Crippen molar-refractivity contribution in [1.82, 2.24) is 0 Å². The Balaban J connectivity index is 0.000000229. The third-order valence-corrected chi connectivity index (χ3v) is 19.5. The molecule has 82 heavy (non-hydrogen) atoms. The first-order valence-corrected chi connectivity index (χ1v) is 31.1. The van der Waals surface area contributed by atoms with Gasteiger partial charge in [0.2, 0.25) is 11.8 Å². The Hall–Kier alpha value is -4.97. The van der Waals surface area contributed by atoms with Gasteiger partial charge in [-0.25, -0.2) is 14.2 Å². The highest BCUT2D eigenvalue weighted by molar-refractivity contribution is 7.74. The van der Waals surface area contributed by atoms with Crippen LogP contribution in [0.2, 0.25) is 0 Å². The normalized spacial score (nSPS) is 22.1. The fraction of sp³-hybridized carbons (Fsp3) is 0.650. The second kappa shape index (κ2) is 28.3. The first-order chi connectivity index (χ1) is 39.9. The van der Waals surface area contributed by atoms with Gasteiger partial charge in [0, 0.05) is 85.7 Å². The van der Waals surface area contributed by atoms with Crippen molar-refractivity contribution >= 4 is 82.4 Å². The second-order valence-corrected chi connectivity index (χ2v) is 27.3. The Morgan fingerprint density at radius 1 is 0.707 bits per heavy atom. The molecule has 0 bridgehead atoms. The van der Waals surface area contributed by atoms with E-state index in [2.05, 4.69) is 72.4 Å². The number of allylic oxidation sites excluding steroid dienone is 4. The molecule has 4 aliphatic carbocycles. The molecule has 1 N–H and O–H groups in total. The van der Waals surface area contributed by atoms with E-state index in [1.807, 2.05) is 11.0 Å². The fourth-order valence-electron chi connectivity index (χ4n) is 10.8. The molecule has 0 aromatic carbocycles. The van der Waals surface area contributed by atoms with Gasteiger partial charge in [-0.3, -0.25) is 19.2 Å². The number of nitrogens with zero attached hydrogens (tertiary/aromatic N) is 3. The SMILES string of the molecule is COC(=O)c1sc(C#CC(C)(C)C)cc1N(C(=O)[C@H]1CC=C(C)CC1)C1CCC2(CC1)OCCO2.COP(=O)(OC)C(=[N+]=N)C(C)=O.[2H]C([2H])([2H])C(C)(C)C(=O)c1cc(N(C(=O)[C@H]2CC=C(C)CC2)C2CCC3(CC2)OCCO3)c(C(=O)OC)s1. The lowest BCUT2D eigenvalue weighted by atomic mass is 9.85. The fourth-order valence-corrected chi connectivity index (χ4v) is 13.9. The van der Waals surface area contributed by atoms with Gasteiger partial charge >= 0.3 is 25.0 Å². The smallest absolute Gasteiger partial charge is 0.465 e. The van der Waals surface area contributed by atoms with Crippen molar-refractivity contribution in [3.05, 3.63) is 54.9 Å². The van der Waals surface area contributed by atoms with Gasteiger partial charge in [-0.1, -0.05) is 55.8 Å². The van der Waals surface area contributed by atoms with E-state index in [1.165, 1.54) is 56.6 Å². The van der Waals surface area contributed by atoms with Gasteiger partial charge in [-0.2, -0.15) is 0 Å². The lowest BCUT2D eigenvalue weighted by molar-refractivity contribution is -0.179. The van der Waals surface area contributed by atoms with E-state index in [-0.39, 0.29) is 50.9 Å². The molecule has 450 valence electrons. The van der Waals surface area contributed by atoms with Crippen LogP contribution in [0.5, 0.6) is 0 Å². The standard InChI is InChI=1S/C28H37NO5S.C27H37NO6S.C5H10N2O4P/c1-19-6-8-20(9-7-19)25(30)29(21-10-14-28(15-11-21)33-16-17-34-28)23-18-22(12-13-27(2,3)4)35-24(23)26(31)32-5;1-17-6-8-18(9-7-17)24(30)28(19-10-12-27(13-11-19)33-14-15-34-27)20-16-21(23(29)26(2,3)4)35-22(20)25(31)32-5;1-4(8)5(7-6)12(9,10-2)11-3/h6,18,20-21H,7-11,14-17H2,1-5H3;6,16,18-19H,7-15H2,1-5H3;6H,1-3H3/q;;+1/t20-;18-;/m00./s1/i;2D3;. The number of anilines is 2. The van der Waals surface area contributed by atoms with Crippen LogP contribution in [-0.4, -0.2) is 124 Å². The van der Waals surface area contributed by atoms with Crippen LogP contribution < -0.4 is 9.80 Å². The van der Waals surface area contributed by atoms with Gasteiger partial charge in [0.15, 0.2) is 17.4 Å². The molecule has 0 radical (unpaired) electrons. The molecule has 4 heterocycles. The second-order valence-electron chi connectivity index (χ2n) is 23.1. The van der Waals surface area contributed by atoms with Crippen LogP contribution in [-0.2, 0) is 56.4 Å². The molecule has 8 rings (SSSR count). The van der Waals surface area contributed by atoms with Gasteiger partial charge in [-0.05, 0) is 111 Å². The van der Waals surface area contributed by atoms with E-state index in [1.54, 1.807) is 4.90 Å². The summed E-state index contributed by atoms with van der Waals surface area (Å²) in [5.41, 5.74) is 7.79. The number of ether oxygens (including phenoxy) is 6. The zero-order valence-corrected chi connectivity index (χ0v) is 52.1. The largest absolute Gasteiger partial charge is 0.492 e. The van der Waals surface area contributed by atoms with E-state index in [4.69, 9.17) is 38.1 Å². The molecule has 2 saturated carbocycles. The van der Waals surface area contributed by atoms with Crippen LogP contribution in [0.1, 0.15) is 190 Å². The summed E-state index contributed by atoms with van der Waals surface area (Å²) in [6.07, 6.45) is 14.3. The molecule has 2 aromatic rings. The maximum absolute atomic E-state index is 14.1. The number of methoxy groups -OCH3 is 2. The first kappa shape index (κ1) is 61.6. The molecule has 2 atom stereocenters. The number of hydrogen-bond donors (Lipinski definition) is 1. The molecule has 2 saturated heterocycles. The van der Waals surface area contributed by atoms with Crippen LogP contribution >= 0.6 is 30.3 Å². The van der Waals surface area contributed by atoms with Crippen molar-refractivity contribution in [3.8, 4) is 11.8 Å². The van der Waals surface area contributed by atoms with Crippen molar-refractivity contribution in [2.24, 2.45) is 22.7 Å². The van der Waals surface area contributed by atoms with Crippen molar-refractivity contribution in [2.75, 3.05) is 64.7 Å².